The Bertz CT molecular complexity index is 1450. The number of carbonyl (C=O) groups excluding carboxylic acids is 1. The topological polar surface area (TPSA) is 117 Å². The summed E-state index contributed by atoms with van der Waals surface area (Å²) in [5.41, 5.74) is 5.65. The molecule has 2 aromatic carbocycles. The Hall–Kier alpha value is -4.15. The summed E-state index contributed by atoms with van der Waals surface area (Å²) < 4.78 is 32.6. The molecule has 0 bridgehead atoms. The molecule has 2 heterocycles. The molecular weight excluding hydrogens is 466 g/mol. The highest BCUT2D eigenvalue weighted by molar-refractivity contribution is 7.90. The van der Waals surface area contributed by atoms with Gasteiger partial charge in [0.25, 0.3) is 0 Å². The van der Waals surface area contributed by atoms with E-state index in [9.17, 15) is 13.2 Å². The summed E-state index contributed by atoms with van der Waals surface area (Å²) in [6.45, 7) is 2.32. The highest BCUT2D eigenvalue weighted by atomic mass is 32.2. The van der Waals surface area contributed by atoms with Gasteiger partial charge >= 0.3 is 10.2 Å². The van der Waals surface area contributed by atoms with Crippen molar-refractivity contribution < 1.29 is 17.6 Å². The van der Waals surface area contributed by atoms with Crippen LogP contribution in [-0.2, 0) is 21.5 Å². The summed E-state index contributed by atoms with van der Waals surface area (Å²) in [6, 6.07) is 19.7. The molecule has 0 saturated heterocycles. The maximum atomic E-state index is 12.6. The van der Waals surface area contributed by atoms with Crippen LogP contribution in [0.5, 0.6) is 0 Å². The Morgan fingerprint density at radius 1 is 1.06 bits per heavy atom. The van der Waals surface area contributed by atoms with Crippen LogP contribution in [0.1, 0.15) is 16.9 Å². The molecule has 180 valence electrons. The fourth-order valence-corrected chi connectivity index (χ4v) is 4.04. The standard InChI is InChI=1S/C25H25N5O4S/c1-18-21-10-6-7-11-22(21)34-23(18)17-30(2)25(31)15-13-19-12-14-24(26-16-19)28-35(32,33)29-27-20-8-4-3-5-9-20/h3-16,27,29H,17H2,1-2H3,(H,26,28)/b15-13+. The second kappa shape index (κ2) is 10.4. The van der Waals surface area contributed by atoms with E-state index in [2.05, 4.69) is 20.0 Å². The molecule has 0 fully saturated rings. The van der Waals surface area contributed by atoms with Crippen molar-refractivity contribution in [1.82, 2.24) is 14.7 Å². The number of hydrogen-bond donors (Lipinski definition) is 3. The first kappa shape index (κ1) is 24.0. The van der Waals surface area contributed by atoms with Crippen molar-refractivity contribution in [3.05, 3.63) is 95.9 Å². The van der Waals surface area contributed by atoms with Gasteiger partial charge in [-0.25, -0.2) is 4.98 Å². The van der Waals surface area contributed by atoms with Gasteiger partial charge in [0.2, 0.25) is 5.91 Å². The molecule has 0 saturated carbocycles. The summed E-state index contributed by atoms with van der Waals surface area (Å²) in [5.74, 6) is 0.670. The van der Waals surface area contributed by atoms with Crippen LogP contribution < -0.4 is 15.0 Å². The van der Waals surface area contributed by atoms with Crippen molar-refractivity contribution in [2.45, 2.75) is 13.5 Å². The largest absolute Gasteiger partial charge is 0.459 e. The van der Waals surface area contributed by atoms with Crippen molar-refractivity contribution >= 4 is 44.7 Å². The van der Waals surface area contributed by atoms with Crippen molar-refractivity contribution in [1.29, 1.82) is 0 Å². The van der Waals surface area contributed by atoms with Crippen LogP contribution >= 0.6 is 0 Å². The first-order valence-corrected chi connectivity index (χ1v) is 12.3. The number of nitrogens with zero attached hydrogens (tertiary/aromatic N) is 2. The number of furan rings is 1. The lowest BCUT2D eigenvalue weighted by atomic mass is 10.1. The second-order valence-electron chi connectivity index (χ2n) is 7.85. The van der Waals surface area contributed by atoms with E-state index >= 15 is 0 Å². The molecule has 4 rings (SSSR count). The number of carbonyl (C=O) groups is 1. The Morgan fingerprint density at radius 3 is 2.51 bits per heavy atom. The SMILES string of the molecule is Cc1c(CN(C)C(=O)/C=C/c2ccc(NS(=O)(=O)NNc3ccccc3)nc2)oc2ccccc12. The molecule has 0 atom stereocenters. The first-order valence-electron chi connectivity index (χ1n) is 10.8. The summed E-state index contributed by atoms with van der Waals surface area (Å²) >= 11 is 0. The van der Waals surface area contributed by atoms with Gasteiger partial charge in [-0.05, 0) is 48.9 Å². The third-order valence-corrected chi connectivity index (χ3v) is 6.10. The Balaban J connectivity index is 1.32. The van der Waals surface area contributed by atoms with Crippen LogP contribution in [0.25, 0.3) is 17.0 Å². The molecule has 9 nitrogen and oxygen atoms in total. The zero-order valence-corrected chi connectivity index (χ0v) is 20.0. The van der Waals surface area contributed by atoms with E-state index in [0.717, 1.165) is 22.3 Å². The molecular formula is C25H25N5O4S. The predicted octanol–water partition coefficient (Wildman–Crippen LogP) is 4.08. The fourth-order valence-electron chi connectivity index (χ4n) is 3.34. The van der Waals surface area contributed by atoms with Crippen LogP contribution in [-0.4, -0.2) is 31.3 Å². The van der Waals surface area contributed by atoms with Crippen molar-refractivity contribution in [3.63, 3.8) is 0 Å². The number of anilines is 2. The molecule has 0 radical (unpaired) electrons. The van der Waals surface area contributed by atoms with Crippen LogP contribution in [0.2, 0.25) is 0 Å². The van der Waals surface area contributed by atoms with Gasteiger partial charge < -0.3 is 14.7 Å². The quantitative estimate of drug-likeness (QED) is 0.240. The van der Waals surface area contributed by atoms with Crippen molar-refractivity contribution in [3.8, 4) is 0 Å². The highest BCUT2D eigenvalue weighted by Crippen LogP contribution is 2.25. The maximum absolute atomic E-state index is 12.6. The zero-order chi connectivity index (χ0) is 24.8. The Kier molecular flexibility index (Phi) is 7.14. The van der Waals surface area contributed by atoms with E-state index < -0.39 is 10.2 Å². The lowest BCUT2D eigenvalue weighted by Crippen LogP contribution is -2.34. The van der Waals surface area contributed by atoms with Crippen LogP contribution in [0.15, 0.2) is 83.4 Å². The average Bonchev–Trinajstić information content (AvgIpc) is 3.17. The fraction of sp³-hybridized carbons (Fsp3) is 0.120. The number of nitrogens with one attached hydrogen (secondary N) is 3. The molecule has 1 amide bonds. The average molecular weight is 492 g/mol. The number of benzene rings is 2. The van der Waals surface area contributed by atoms with Gasteiger partial charge in [-0.15, -0.1) is 4.83 Å². The third kappa shape index (κ3) is 6.25. The molecule has 2 aromatic heterocycles. The predicted molar refractivity (Wildman–Crippen MR) is 136 cm³/mol. The number of fused-ring (bicyclic) bond motifs is 1. The number of amides is 1. The lowest BCUT2D eigenvalue weighted by Gasteiger charge is -2.14. The Morgan fingerprint density at radius 2 is 1.80 bits per heavy atom. The number of aromatic nitrogens is 1. The van der Waals surface area contributed by atoms with E-state index in [4.69, 9.17) is 4.42 Å². The van der Waals surface area contributed by atoms with Gasteiger partial charge in [0.15, 0.2) is 0 Å². The molecule has 4 aromatic rings. The summed E-state index contributed by atoms with van der Waals surface area (Å²) in [4.78, 5) is 20.4. The van der Waals surface area contributed by atoms with Gasteiger partial charge in [-0.3, -0.25) is 9.52 Å². The van der Waals surface area contributed by atoms with Gasteiger partial charge in [0.05, 0.1) is 6.54 Å². The molecule has 35 heavy (non-hydrogen) atoms. The van der Waals surface area contributed by atoms with Crippen molar-refractivity contribution in [2.75, 3.05) is 17.2 Å². The molecule has 0 aliphatic carbocycles. The van der Waals surface area contributed by atoms with Gasteiger partial charge in [0.1, 0.15) is 17.2 Å². The normalized spacial score (nSPS) is 11.6. The maximum Gasteiger partial charge on any atom is 0.317 e. The number of likely N-dealkylation sites (N-methyl/N-ethyl adjacent to an activating group) is 1. The first-order chi connectivity index (χ1) is 16.8. The second-order valence-corrected chi connectivity index (χ2v) is 9.26. The smallest absolute Gasteiger partial charge is 0.317 e. The van der Waals surface area contributed by atoms with Crippen molar-refractivity contribution in [2.24, 2.45) is 0 Å². The van der Waals surface area contributed by atoms with Gasteiger partial charge in [0, 0.05) is 36.0 Å². The van der Waals surface area contributed by atoms with Crippen LogP contribution in [0.4, 0.5) is 11.5 Å². The number of para-hydroxylation sites is 2. The minimum atomic E-state index is -3.89. The molecule has 3 N–H and O–H groups in total. The molecule has 0 aliphatic heterocycles. The molecule has 0 unspecified atom stereocenters. The van der Waals surface area contributed by atoms with E-state index in [1.165, 1.54) is 18.3 Å². The number of hydrazine groups is 1. The highest BCUT2D eigenvalue weighted by Gasteiger charge is 2.14. The lowest BCUT2D eigenvalue weighted by molar-refractivity contribution is -0.125. The van der Waals surface area contributed by atoms with E-state index in [1.807, 2.05) is 37.3 Å². The van der Waals surface area contributed by atoms with E-state index in [0.29, 0.717) is 17.8 Å². The monoisotopic (exact) mass is 491 g/mol. The zero-order valence-electron chi connectivity index (χ0n) is 19.2. The minimum absolute atomic E-state index is 0.133. The Labute approximate surface area is 203 Å². The summed E-state index contributed by atoms with van der Waals surface area (Å²) in [7, 11) is -2.19. The summed E-state index contributed by atoms with van der Waals surface area (Å²) in [6.07, 6.45) is 4.52. The van der Waals surface area contributed by atoms with Gasteiger partial charge in [-0.2, -0.15) is 8.42 Å². The van der Waals surface area contributed by atoms with Gasteiger partial charge in [-0.1, -0.05) is 36.4 Å². The minimum Gasteiger partial charge on any atom is -0.459 e. The summed E-state index contributed by atoms with van der Waals surface area (Å²) in [5, 5.41) is 1.03. The molecule has 0 spiro atoms. The van der Waals surface area contributed by atoms with E-state index in [-0.39, 0.29) is 11.7 Å². The van der Waals surface area contributed by atoms with E-state index in [1.54, 1.807) is 48.4 Å². The number of hydrogen-bond acceptors (Lipinski definition) is 6. The van der Waals surface area contributed by atoms with Crippen LogP contribution in [0, 0.1) is 6.92 Å². The molecule has 0 aliphatic rings. The van der Waals surface area contributed by atoms with Crippen LogP contribution in [0.3, 0.4) is 0 Å². The number of aryl methyl sites for hydroxylation is 1. The molecule has 10 heteroatoms. The third-order valence-electron chi connectivity index (χ3n) is 5.25. The number of rotatable bonds is 9. The number of pyridine rings is 1.